The van der Waals surface area contributed by atoms with Crippen molar-refractivity contribution in [1.82, 2.24) is 0 Å². The molecule has 1 aromatic carbocycles. The first kappa shape index (κ1) is 10.6. The van der Waals surface area contributed by atoms with Crippen molar-refractivity contribution in [2.75, 3.05) is 6.61 Å². The van der Waals surface area contributed by atoms with E-state index in [9.17, 15) is 10.2 Å². The predicted molar refractivity (Wildman–Crippen MR) is 54.4 cm³/mol. The van der Waals surface area contributed by atoms with Gasteiger partial charge in [0.05, 0.1) is 12.7 Å². The molecule has 1 atom stereocenters. The molecule has 14 heavy (non-hydrogen) atoms. The summed E-state index contributed by atoms with van der Waals surface area (Å²) in [6.45, 7) is 5.78. The van der Waals surface area contributed by atoms with Gasteiger partial charge >= 0.3 is 0 Å². The molecule has 0 aliphatic carbocycles. The van der Waals surface area contributed by atoms with Gasteiger partial charge in [0.25, 0.3) is 0 Å². The molecule has 0 radical (unpaired) electrons. The summed E-state index contributed by atoms with van der Waals surface area (Å²) in [5.74, 6) is 0.456. The number of rotatable bonds is 4. The van der Waals surface area contributed by atoms with Gasteiger partial charge in [-0.05, 0) is 24.6 Å². The van der Waals surface area contributed by atoms with Crippen molar-refractivity contribution >= 4 is 0 Å². The standard InChI is InChI=1S/C11H14O3/c1-3-9(12)8-5-6-10(13)11(7-8)14-4-2/h3,5-7,9,12-13H,1,4H2,2H3. The SMILES string of the molecule is C=CC(O)c1ccc(O)c(OCC)c1. The number of benzene rings is 1. The summed E-state index contributed by atoms with van der Waals surface area (Å²) in [7, 11) is 0. The third kappa shape index (κ3) is 2.26. The number of aliphatic hydroxyl groups is 1. The summed E-state index contributed by atoms with van der Waals surface area (Å²) in [5, 5.41) is 18.8. The number of phenols is 1. The second-order valence-corrected chi connectivity index (χ2v) is 2.84. The first-order valence-electron chi connectivity index (χ1n) is 4.45. The number of hydrogen-bond acceptors (Lipinski definition) is 3. The van der Waals surface area contributed by atoms with Crippen LogP contribution in [0.15, 0.2) is 30.9 Å². The Morgan fingerprint density at radius 3 is 2.86 bits per heavy atom. The number of hydrogen-bond donors (Lipinski definition) is 2. The molecule has 0 aliphatic heterocycles. The first-order chi connectivity index (χ1) is 6.69. The maximum Gasteiger partial charge on any atom is 0.161 e. The van der Waals surface area contributed by atoms with Gasteiger partial charge in [0.15, 0.2) is 11.5 Å². The molecule has 0 heterocycles. The van der Waals surface area contributed by atoms with Gasteiger partial charge in [-0.15, -0.1) is 6.58 Å². The van der Waals surface area contributed by atoms with E-state index in [0.717, 1.165) is 0 Å². The van der Waals surface area contributed by atoms with Crippen LogP contribution in [-0.4, -0.2) is 16.8 Å². The zero-order valence-electron chi connectivity index (χ0n) is 8.10. The molecule has 1 aromatic rings. The highest BCUT2D eigenvalue weighted by Gasteiger charge is 2.07. The van der Waals surface area contributed by atoms with Crippen LogP contribution in [0.3, 0.4) is 0 Å². The maximum absolute atomic E-state index is 9.46. The monoisotopic (exact) mass is 194 g/mol. The van der Waals surface area contributed by atoms with Crippen molar-refractivity contribution in [2.24, 2.45) is 0 Å². The molecule has 2 N–H and O–H groups in total. The molecule has 76 valence electrons. The zero-order valence-corrected chi connectivity index (χ0v) is 8.10. The van der Waals surface area contributed by atoms with E-state index in [1.54, 1.807) is 12.1 Å². The fourth-order valence-electron chi connectivity index (χ4n) is 1.12. The summed E-state index contributed by atoms with van der Waals surface area (Å²) in [4.78, 5) is 0. The van der Waals surface area contributed by atoms with Gasteiger partial charge in [0, 0.05) is 0 Å². The molecule has 0 saturated carbocycles. The van der Waals surface area contributed by atoms with Gasteiger partial charge in [-0.1, -0.05) is 12.1 Å². The highest BCUT2D eigenvalue weighted by Crippen LogP contribution is 2.29. The zero-order chi connectivity index (χ0) is 10.6. The van der Waals surface area contributed by atoms with Crippen molar-refractivity contribution in [3.63, 3.8) is 0 Å². The Kier molecular flexibility index (Phi) is 3.54. The topological polar surface area (TPSA) is 49.7 Å². The average molecular weight is 194 g/mol. The fraction of sp³-hybridized carbons (Fsp3) is 0.273. The van der Waals surface area contributed by atoms with Gasteiger partial charge in [-0.25, -0.2) is 0 Å². The maximum atomic E-state index is 9.46. The minimum absolute atomic E-state index is 0.0758. The molecule has 0 bridgehead atoms. The number of aromatic hydroxyl groups is 1. The number of phenolic OH excluding ortho intramolecular Hbond substituents is 1. The number of ether oxygens (including phenoxy) is 1. The Balaban J connectivity index is 2.99. The molecule has 1 rings (SSSR count). The molecule has 0 aliphatic rings. The summed E-state index contributed by atoms with van der Waals surface area (Å²) in [6, 6.07) is 4.72. The summed E-state index contributed by atoms with van der Waals surface area (Å²) in [6.07, 6.45) is 0.692. The van der Waals surface area contributed by atoms with Gasteiger partial charge in [-0.3, -0.25) is 0 Å². The molecule has 0 saturated heterocycles. The van der Waals surface area contributed by atoms with E-state index in [1.165, 1.54) is 12.1 Å². The average Bonchev–Trinajstić information content (AvgIpc) is 2.20. The molecule has 3 heteroatoms. The third-order valence-corrected chi connectivity index (χ3v) is 1.85. The Labute approximate surface area is 83.3 Å². The van der Waals surface area contributed by atoms with Crippen LogP contribution in [0.5, 0.6) is 11.5 Å². The normalized spacial score (nSPS) is 12.1. The lowest BCUT2D eigenvalue weighted by Crippen LogP contribution is -1.96. The van der Waals surface area contributed by atoms with E-state index in [2.05, 4.69) is 6.58 Å². The summed E-state index contributed by atoms with van der Waals surface area (Å²) < 4.78 is 5.18. The summed E-state index contributed by atoms with van der Waals surface area (Å²) >= 11 is 0. The van der Waals surface area contributed by atoms with E-state index >= 15 is 0 Å². The minimum atomic E-state index is -0.727. The van der Waals surface area contributed by atoms with Gasteiger partial charge in [0.2, 0.25) is 0 Å². The fourth-order valence-corrected chi connectivity index (χ4v) is 1.12. The first-order valence-corrected chi connectivity index (χ1v) is 4.45. The van der Waals surface area contributed by atoms with Crippen LogP contribution in [0.1, 0.15) is 18.6 Å². The van der Waals surface area contributed by atoms with Crippen LogP contribution >= 0.6 is 0 Å². The van der Waals surface area contributed by atoms with Gasteiger partial charge in [0.1, 0.15) is 0 Å². The third-order valence-electron chi connectivity index (χ3n) is 1.85. The van der Waals surface area contributed by atoms with Gasteiger partial charge in [-0.2, -0.15) is 0 Å². The van der Waals surface area contributed by atoms with Crippen LogP contribution in [-0.2, 0) is 0 Å². The quantitative estimate of drug-likeness (QED) is 0.721. The number of aliphatic hydroxyl groups excluding tert-OH is 1. The smallest absolute Gasteiger partial charge is 0.161 e. The second kappa shape index (κ2) is 4.67. The molecule has 3 nitrogen and oxygen atoms in total. The second-order valence-electron chi connectivity index (χ2n) is 2.84. The van der Waals surface area contributed by atoms with Crippen LogP contribution in [0.2, 0.25) is 0 Å². The van der Waals surface area contributed by atoms with Crippen LogP contribution < -0.4 is 4.74 Å². The van der Waals surface area contributed by atoms with E-state index in [0.29, 0.717) is 17.9 Å². The van der Waals surface area contributed by atoms with Gasteiger partial charge < -0.3 is 14.9 Å². The Morgan fingerprint density at radius 1 is 1.57 bits per heavy atom. The lowest BCUT2D eigenvalue weighted by molar-refractivity contribution is 0.227. The highest BCUT2D eigenvalue weighted by molar-refractivity contribution is 5.43. The van der Waals surface area contributed by atoms with Crippen LogP contribution in [0.25, 0.3) is 0 Å². The lowest BCUT2D eigenvalue weighted by atomic mass is 10.1. The molecule has 0 fully saturated rings. The molecule has 0 aromatic heterocycles. The van der Waals surface area contributed by atoms with Crippen molar-refractivity contribution in [3.8, 4) is 11.5 Å². The van der Waals surface area contributed by atoms with E-state index < -0.39 is 6.10 Å². The molecule has 0 spiro atoms. The van der Waals surface area contributed by atoms with E-state index in [1.807, 2.05) is 6.92 Å². The Hall–Kier alpha value is -1.48. The lowest BCUT2D eigenvalue weighted by Gasteiger charge is -2.10. The predicted octanol–water partition coefficient (Wildman–Crippen LogP) is 2.01. The largest absolute Gasteiger partial charge is 0.504 e. The highest BCUT2D eigenvalue weighted by atomic mass is 16.5. The minimum Gasteiger partial charge on any atom is -0.504 e. The summed E-state index contributed by atoms with van der Waals surface area (Å²) in [5.41, 5.74) is 0.654. The molecule has 1 unspecified atom stereocenters. The molecular formula is C11H14O3. The van der Waals surface area contributed by atoms with Crippen molar-refractivity contribution in [2.45, 2.75) is 13.0 Å². The van der Waals surface area contributed by atoms with Crippen molar-refractivity contribution in [3.05, 3.63) is 36.4 Å². The molecule has 0 amide bonds. The Morgan fingerprint density at radius 2 is 2.29 bits per heavy atom. The van der Waals surface area contributed by atoms with Crippen LogP contribution in [0, 0.1) is 0 Å². The Bertz CT molecular complexity index is 320. The molecular weight excluding hydrogens is 180 g/mol. The van der Waals surface area contributed by atoms with E-state index in [4.69, 9.17) is 4.74 Å². The van der Waals surface area contributed by atoms with Crippen molar-refractivity contribution in [1.29, 1.82) is 0 Å². The van der Waals surface area contributed by atoms with Crippen LogP contribution in [0.4, 0.5) is 0 Å². The van der Waals surface area contributed by atoms with Crippen molar-refractivity contribution < 1.29 is 14.9 Å². The van der Waals surface area contributed by atoms with E-state index in [-0.39, 0.29) is 5.75 Å².